The quantitative estimate of drug-likeness (QED) is 0.168. The van der Waals surface area contributed by atoms with Gasteiger partial charge in [-0.2, -0.15) is 0 Å². The van der Waals surface area contributed by atoms with Gasteiger partial charge in [-0.05, 0) is 485 Å². The van der Waals surface area contributed by atoms with Gasteiger partial charge < -0.3 is 0 Å². The molecule has 0 aromatic carbocycles. The van der Waals surface area contributed by atoms with Crippen LogP contribution in [0.15, 0.2) is 24.3 Å². The summed E-state index contributed by atoms with van der Waals surface area (Å²) in [6, 6.07) is 0. The normalized spacial score (nSPS) is 67.1. The first-order chi connectivity index (χ1) is 42.1. The van der Waals surface area contributed by atoms with Crippen LogP contribution < -0.4 is 0 Å². The van der Waals surface area contributed by atoms with E-state index in [4.69, 9.17) is 0 Å². The maximum atomic E-state index is 2.59. The van der Waals surface area contributed by atoms with Gasteiger partial charge in [0.2, 0.25) is 0 Å². The minimum atomic E-state index is 1.03. The molecule has 0 amide bonds. The van der Waals surface area contributed by atoms with E-state index in [1.165, 1.54) is 232 Å². The summed E-state index contributed by atoms with van der Waals surface area (Å²) in [7, 11) is 0. The van der Waals surface area contributed by atoms with Gasteiger partial charge in [0.25, 0.3) is 0 Å². The Hall–Kier alpha value is -0.520. The minimum Gasteiger partial charge on any atom is -0.0879 e. The van der Waals surface area contributed by atoms with Gasteiger partial charge in [-0.15, -0.1) is 0 Å². The largest absolute Gasteiger partial charge is 0.0879 e. The Labute approximate surface area is 519 Å². The molecule has 0 heteroatoms. The summed E-state index contributed by atoms with van der Waals surface area (Å²) >= 11 is 0. The zero-order valence-corrected chi connectivity index (χ0v) is 53.9. The molecule has 85 heavy (non-hydrogen) atoms. The summed E-state index contributed by atoms with van der Waals surface area (Å²) in [4.78, 5) is 0. The lowest BCUT2D eigenvalue weighted by molar-refractivity contribution is 0.0432. The zero-order valence-electron chi connectivity index (χ0n) is 53.9. The molecule has 0 N–H and O–H groups in total. The summed E-state index contributed by atoms with van der Waals surface area (Å²) in [6.45, 7) is 0. The number of hydrogen-bond acceptors (Lipinski definition) is 0. The van der Waals surface area contributed by atoms with Crippen molar-refractivity contribution in [3.05, 3.63) is 24.3 Å². The third-order valence-electron chi connectivity index (χ3n) is 40.0. The molecule has 0 spiro atoms. The Bertz CT molecular complexity index is 2590. The van der Waals surface area contributed by atoms with Crippen molar-refractivity contribution in [3.8, 4) is 0 Å². The first-order valence-corrected chi connectivity index (χ1v) is 41.4. The Balaban J connectivity index is 0.0000000684. The summed E-state index contributed by atoms with van der Waals surface area (Å²) in [5.41, 5.74) is 0. The molecule has 26 saturated carbocycles. The summed E-state index contributed by atoms with van der Waals surface area (Å²) in [5, 5.41) is 0. The van der Waals surface area contributed by atoms with Gasteiger partial charge in [-0.1, -0.05) is 37.1 Å². The van der Waals surface area contributed by atoms with Gasteiger partial charge in [0.1, 0.15) is 0 Å². The van der Waals surface area contributed by atoms with Crippen LogP contribution >= 0.6 is 0 Å². The van der Waals surface area contributed by atoms with Crippen LogP contribution in [-0.4, -0.2) is 0 Å². The van der Waals surface area contributed by atoms with Crippen molar-refractivity contribution >= 4 is 0 Å². The molecule has 0 heterocycles. The maximum absolute atomic E-state index is 2.59. The molecule has 44 atom stereocenters. The monoisotopic (exact) mass is 1140 g/mol. The van der Waals surface area contributed by atoms with Crippen molar-refractivity contribution < 1.29 is 0 Å². The highest BCUT2D eigenvalue weighted by Gasteiger charge is 2.73. The highest BCUT2D eigenvalue weighted by molar-refractivity contribution is 5.23. The molecule has 0 aromatic rings. The van der Waals surface area contributed by atoms with Crippen LogP contribution in [0.1, 0.15) is 238 Å². The topological polar surface area (TPSA) is 0 Å². The van der Waals surface area contributed by atoms with Gasteiger partial charge in [0.15, 0.2) is 0 Å². The Morgan fingerprint density at radius 2 is 0.424 bits per heavy atom. The van der Waals surface area contributed by atoms with Gasteiger partial charge in [-0.3, -0.25) is 0 Å². The van der Waals surface area contributed by atoms with Crippen LogP contribution in [0.4, 0.5) is 0 Å². The second-order valence-corrected chi connectivity index (χ2v) is 40.6. The fourth-order valence-electron chi connectivity index (χ4n) is 39.1. The fraction of sp³-hybridized carbons (Fsp3) is 0.953. The minimum absolute atomic E-state index is 1.03. The van der Waals surface area contributed by atoms with Crippen LogP contribution in [0.5, 0.6) is 0 Å². The summed E-state index contributed by atoms with van der Waals surface area (Å²) in [5.74, 6) is 52.6. The first kappa shape index (κ1) is 51.9. The molecule has 22 bridgehead atoms. The van der Waals surface area contributed by atoms with Crippen molar-refractivity contribution in [2.24, 2.45) is 260 Å². The second kappa shape index (κ2) is 19.1. The lowest BCUT2D eigenvalue weighted by Gasteiger charge is -2.43. The summed E-state index contributed by atoms with van der Waals surface area (Å²) in [6.07, 6.45) is 69.6. The Kier molecular flexibility index (Phi) is 11.7. The maximum Gasteiger partial charge on any atom is -0.0168 e. The predicted molar refractivity (Wildman–Crippen MR) is 343 cm³/mol. The van der Waals surface area contributed by atoms with Crippen molar-refractivity contribution in [2.45, 2.75) is 238 Å². The molecule has 26 fully saturated rings. The predicted octanol–water partition coefficient (Wildman–Crippen LogP) is 21.0. The number of hydrogen-bond donors (Lipinski definition) is 0. The van der Waals surface area contributed by atoms with E-state index in [0.29, 0.717) is 0 Å². The standard InChI is InChI=1S/C20H28.2C15H22.C15H20.C10H16.C10H14/c1-2-10-5-9(1)13-7-15-14-8-16(20(15)17(10)13)19-12-4-3-11(6-12)18(14)19;1-3-10-5-8(1)12-7-13-9-2-4-11(6-9)15(13)14(10)12;2*1-2-10-11(3-1)13-7-12(10)14-8-4-5-9(6-8)15(13)14;2*1-2-9-7-4-5-8(6-7)10(9)3-1/h9-20H,1-8H2;2*8-15H,1-7H2;1-2,8-15H,3-7H2;7-10H,1-6H2;1-2,7-10H,3-6H2. The highest BCUT2D eigenvalue weighted by Crippen LogP contribution is 2.79. The van der Waals surface area contributed by atoms with Gasteiger partial charge in [0, 0.05) is 0 Å². The van der Waals surface area contributed by atoms with E-state index in [-0.39, 0.29) is 0 Å². The second-order valence-electron chi connectivity index (χ2n) is 40.6. The molecule has 0 aliphatic heterocycles. The molecule has 0 radical (unpaired) electrons. The fourth-order valence-corrected chi connectivity index (χ4v) is 39.1. The van der Waals surface area contributed by atoms with E-state index in [1.54, 1.807) is 218 Å². The molecule has 28 aliphatic rings. The lowest BCUT2D eigenvalue weighted by Crippen LogP contribution is -2.38. The van der Waals surface area contributed by atoms with E-state index in [0.717, 1.165) is 47.3 Å². The van der Waals surface area contributed by atoms with Gasteiger partial charge in [0.05, 0.1) is 0 Å². The van der Waals surface area contributed by atoms with Crippen LogP contribution in [0.2, 0.25) is 0 Å². The van der Waals surface area contributed by atoms with Crippen LogP contribution in [0, 0.1) is 260 Å². The van der Waals surface area contributed by atoms with Gasteiger partial charge in [-0.25, -0.2) is 0 Å². The lowest BCUT2D eigenvalue weighted by atomic mass is 9.62. The molecule has 0 nitrogen and oxygen atoms in total. The Morgan fingerprint density at radius 1 is 0.153 bits per heavy atom. The smallest absolute Gasteiger partial charge is 0.0168 e. The average Bonchev–Trinajstić information content (AvgIpc) is 1.70. The van der Waals surface area contributed by atoms with E-state index in [2.05, 4.69) is 24.3 Å². The van der Waals surface area contributed by atoms with E-state index >= 15 is 0 Å². The molecule has 0 saturated heterocycles. The molecule has 28 aliphatic carbocycles. The van der Waals surface area contributed by atoms with Crippen LogP contribution in [0.3, 0.4) is 0 Å². The molecule has 28 rings (SSSR count). The number of fused-ring (bicyclic) bond motifs is 63. The summed E-state index contributed by atoms with van der Waals surface area (Å²) < 4.78 is 0. The van der Waals surface area contributed by atoms with E-state index in [1.807, 2.05) is 0 Å². The van der Waals surface area contributed by atoms with Crippen molar-refractivity contribution in [1.82, 2.24) is 0 Å². The number of rotatable bonds is 0. The SMILES string of the molecule is C1=CC2C(C1)C1CC2C2C3CCC(C3)C12.C1=CC2C3CCC(C3)C2C1.C1CC2C(C1)C1CC2C2C3CCC(C3)C12.C1CC2C3CCC(C3)C2C1.C1CC2CC1C1CC3C4CC(C5C6CCC(C6)C45)C3C21.C1CC2CC1C1CC3C4CCC(C4)C3C21. The zero-order chi connectivity index (χ0) is 54.4. The number of allylic oxidation sites excluding steroid dienone is 4. The van der Waals surface area contributed by atoms with E-state index < -0.39 is 0 Å². The van der Waals surface area contributed by atoms with Crippen LogP contribution in [0.25, 0.3) is 0 Å². The van der Waals surface area contributed by atoms with E-state index in [9.17, 15) is 0 Å². The molecule has 44 unspecified atom stereocenters. The molecule has 462 valence electrons. The van der Waals surface area contributed by atoms with Gasteiger partial charge >= 0.3 is 0 Å². The highest BCUT2D eigenvalue weighted by atomic mass is 14.8. The van der Waals surface area contributed by atoms with Crippen molar-refractivity contribution in [3.63, 3.8) is 0 Å². The van der Waals surface area contributed by atoms with Crippen molar-refractivity contribution in [1.29, 1.82) is 0 Å². The Morgan fingerprint density at radius 3 is 0.929 bits per heavy atom. The third kappa shape index (κ3) is 7.10. The molecular weight excluding hydrogens is 1020 g/mol. The molecule has 0 aromatic heterocycles. The third-order valence-corrected chi connectivity index (χ3v) is 40.0. The van der Waals surface area contributed by atoms with Crippen molar-refractivity contribution in [2.75, 3.05) is 0 Å². The average molecular weight is 1140 g/mol. The van der Waals surface area contributed by atoms with Crippen LogP contribution in [-0.2, 0) is 0 Å². The first-order valence-electron chi connectivity index (χ1n) is 41.4. The molecular formula is C85H122.